The maximum atomic E-state index is 13.1. The lowest BCUT2D eigenvalue weighted by Crippen LogP contribution is -2.35. The molecule has 0 amide bonds. The van der Waals surface area contributed by atoms with Gasteiger partial charge in [0.2, 0.25) is 0 Å². The highest BCUT2D eigenvalue weighted by atomic mass is 16.5. The lowest BCUT2D eigenvalue weighted by Gasteiger charge is -2.30. The molecule has 5 rings (SSSR count). The molecule has 1 N–H and O–H groups in total. The van der Waals surface area contributed by atoms with Gasteiger partial charge in [-0.05, 0) is 84.7 Å². The zero-order valence-electron chi connectivity index (χ0n) is 22.0. The second kappa shape index (κ2) is 11.4. The number of benzene rings is 2. The zero-order valence-corrected chi connectivity index (χ0v) is 22.0. The molecule has 37 heavy (non-hydrogen) atoms. The van der Waals surface area contributed by atoms with Gasteiger partial charge >= 0.3 is 0 Å². The number of hydrogen-bond donors (Lipinski definition) is 1. The SMILES string of the molecule is CC[C@@H](c1nnnn1C[C@H]1CCCO1)N(CCc1ccccc1C)Cc1cc2cc(C)ccc2[nH]c1=O. The predicted octanol–water partition coefficient (Wildman–Crippen LogP) is 4.51. The van der Waals surface area contributed by atoms with E-state index in [0.29, 0.717) is 13.1 Å². The normalized spacial score (nSPS) is 16.6. The van der Waals surface area contributed by atoms with E-state index in [1.807, 2.05) is 22.9 Å². The number of aromatic amines is 1. The van der Waals surface area contributed by atoms with E-state index in [1.54, 1.807) is 0 Å². The number of aromatic nitrogens is 5. The maximum Gasteiger partial charge on any atom is 0.252 e. The molecule has 3 heterocycles. The van der Waals surface area contributed by atoms with Crippen molar-refractivity contribution in [3.05, 3.63) is 87.0 Å². The molecular weight excluding hydrogens is 464 g/mol. The van der Waals surface area contributed by atoms with Crippen LogP contribution in [0.2, 0.25) is 0 Å². The molecule has 0 bridgehead atoms. The predicted molar refractivity (Wildman–Crippen MR) is 144 cm³/mol. The van der Waals surface area contributed by atoms with E-state index in [9.17, 15) is 4.79 Å². The lowest BCUT2D eigenvalue weighted by atomic mass is 10.0. The van der Waals surface area contributed by atoms with Gasteiger partial charge in [0.05, 0.1) is 18.7 Å². The van der Waals surface area contributed by atoms with Crippen LogP contribution in [0.1, 0.15) is 60.3 Å². The van der Waals surface area contributed by atoms with Gasteiger partial charge in [-0.3, -0.25) is 9.69 Å². The van der Waals surface area contributed by atoms with Crippen LogP contribution in [0.4, 0.5) is 0 Å². The fourth-order valence-electron chi connectivity index (χ4n) is 5.37. The third kappa shape index (κ3) is 5.81. The standard InChI is InChI=1S/C29H36N6O2/c1-4-27(28-31-32-33-35(28)19-25-10-7-15-37-25)34(14-13-22-9-6-5-8-21(22)3)18-24-17-23-16-20(2)11-12-26(23)30-29(24)36/h5-6,8-9,11-12,16-17,25,27H,4,7,10,13-15,18-19H2,1-3H3,(H,30,36)/t25-,27+/m1/s1. The van der Waals surface area contributed by atoms with Gasteiger partial charge in [-0.2, -0.15) is 0 Å². The summed E-state index contributed by atoms with van der Waals surface area (Å²) in [6.07, 6.45) is 3.95. The number of rotatable bonds is 10. The smallest absolute Gasteiger partial charge is 0.252 e. The molecule has 0 spiro atoms. The van der Waals surface area contributed by atoms with Gasteiger partial charge in [0.25, 0.3) is 5.56 Å². The number of pyridine rings is 1. The quantitative estimate of drug-likeness (QED) is 0.345. The third-order valence-electron chi connectivity index (χ3n) is 7.47. The van der Waals surface area contributed by atoms with Gasteiger partial charge < -0.3 is 9.72 Å². The topological polar surface area (TPSA) is 88.9 Å². The summed E-state index contributed by atoms with van der Waals surface area (Å²) in [6.45, 7) is 9.12. The van der Waals surface area contributed by atoms with Crippen LogP contribution in [0, 0.1) is 13.8 Å². The zero-order chi connectivity index (χ0) is 25.8. The molecule has 2 aromatic carbocycles. The number of hydrogen-bond acceptors (Lipinski definition) is 6. The molecule has 2 atom stereocenters. The highest BCUT2D eigenvalue weighted by molar-refractivity contribution is 5.79. The van der Waals surface area contributed by atoms with Crippen molar-refractivity contribution >= 4 is 10.9 Å². The summed E-state index contributed by atoms with van der Waals surface area (Å²) in [5, 5.41) is 13.9. The van der Waals surface area contributed by atoms with Gasteiger partial charge in [-0.25, -0.2) is 4.68 Å². The molecule has 1 aliphatic rings. The minimum Gasteiger partial charge on any atom is -0.376 e. The van der Waals surface area contributed by atoms with Crippen LogP contribution in [0.5, 0.6) is 0 Å². The van der Waals surface area contributed by atoms with E-state index in [0.717, 1.165) is 61.1 Å². The van der Waals surface area contributed by atoms with Crippen LogP contribution in [-0.4, -0.2) is 49.3 Å². The van der Waals surface area contributed by atoms with Crippen molar-refractivity contribution in [3.8, 4) is 0 Å². The monoisotopic (exact) mass is 500 g/mol. The van der Waals surface area contributed by atoms with Gasteiger partial charge in [0.1, 0.15) is 0 Å². The maximum absolute atomic E-state index is 13.1. The molecule has 2 aromatic heterocycles. The largest absolute Gasteiger partial charge is 0.376 e. The average molecular weight is 501 g/mol. The van der Waals surface area contributed by atoms with Crippen molar-refractivity contribution in [2.24, 2.45) is 0 Å². The Kier molecular flexibility index (Phi) is 7.76. The summed E-state index contributed by atoms with van der Waals surface area (Å²) in [5.74, 6) is 0.829. The Hall–Kier alpha value is -3.36. The van der Waals surface area contributed by atoms with Crippen LogP contribution in [0.3, 0.4) is 0 Å². The summed E-state index contributed by atoms with van der Waals surface area (Å²) < 4.78 is 7.76. The molecular formula is C29H36N6O2. The van der Waals surface area contributed by atoms with Gasteiger partial charge in [0, 0.05) is 30.8 Å². The molecule has 8 nitrogen and oxygen atoms in total. The van der Waals surface area contributed by atoms with Crippen molar-refractivity contribution < 1.29 is 4.74 Å². The van der Waals surface area contributed by atoms with Crippen molar-refractivity contribution in [2.45, 2.75) is 71.7 Å². The molecule has 8 heteroatoms. The van der Waals surface area contributed by atoms with E-state index in [1.165, 1.54) is 16.7 Å². The second-order valence-electron chi connectivity index (χ2n) is 10.1. The van der Waals surface area contributed by atoms with E-state index in [2.05, 4.69) is 76.5 Å². The Labute approximate surface area is 217 Å². The minimum atomic E-state index is -0.0500. The number of fused-ring (bicyclic) bond motifs is 1. The molecule has 1 aliphatic heterocycles. The van der Waals surface area contributed by atoms with Gasteiger partial charge in [-0.15, -0.1) is 5.10 Å². The fraction of sp³-hybridized carbons (Fsp3) is 0.448. The number of nitrogens with zero attached hydrogens (tertiary/aromatic N) is 5. The van der Waals surface area contributed by atoms with Crippen LogP contribution in [-0.2, 0) is 24.2 Å². The third-order valence-corrected chi connectivity index (χ3v) is 7.47. The highest BCUT2D eigenvalue weighted by Crippen LogP contribution is 2.26. The molecule has 4 aromatic rings. The van der Waals surface area contributed by atoms with Crippen molar-refractivity contribution in [2.75, 3.05) is 13.2 Å². The number of nitrogens with one attached hydrogen (secondary N) is 1. The molecule has 0 saturated carbocycles. The Balaban J connectivity index is 1.47. The molecule has 0 unspecified atom stereocenters. The minimum absolute atomic E-state index is 0.0342. The summed E-state index contributed by atoms with van der Waals surface area (Å²) in [5.41, 5.74) is 5.31. The number of aryl methyl sites for hydroxylation is 2. The summed E-state index contributed by atoms with van der Waals surface area (Å²) in [6, 6.07) is 16.6. The molecule has 0 aliphatic carbocycles. The van der Waals surface area contributed by atoms with E-state index < -0.39 is 0 Å². The van der Waals surface area contributed by atoms with Crippen LogP contribution >= 0.6 is 0 Å². The van der Waals surface area contributed by atoms with Crippen LogP contribution in [0.15, 0.2) is 53.3 Å². The number of H-pyrrole nitrogens is 1. The molecule has 1 saturated heterocycles. The fourth-order valence-corrected chi connectivity index (χ4v) is 5.37. The molecule has 0 radical (unpaired) electrons. The summed E-state index contributed by atoms with van der Waals surface area (Å²) in [4.78, 5) is 18.6. The first-order valence-corrected chi connectivity index (χ1v) is 13.3. The van der Waals surface area contributed by atoms with Gasteiger partial charge in [0.15, 0.2) is 5.82 Å². The Morgan fingerprint density at radius 2 is 2.03 bits per heavy atom. The van der Waals surface area contributed by atoms with Crippen molar-refractivity contribution in [1.82, 2.24) is 30.1 Å². The van der Waals surface area contributed by atoms with Crippen molar-refractivity contribution in [1.29, 1.82) is 0 Å². The lowest BCUT2D eigenvalue weighted by molar-refractivity contribution is 0.0893. The second-order valence-corrected chi connectivity index (χ2v) is 10.1. The first kappa shape index (κ1) is 25.3. The van der Waals surface area contributed by atoms with E-state index in [4.69, 9.17) is 4.74 Å². The molecule has 1 fully saturated rings. The Bertz CT molecular complexity index is 1410. The first-order valence-electron chi connectivity index (χ1n) is 13.3. The highest BCUT2D eigenvalue weighted by Gasteiger charge is 2.27. The van der Waals surface area contributed by atoms with Crippen LogP contribution in [0.25, 0.3) is 10.9 Å². The Morgan fingerprint density at radius 3 is 2.81 bits per heavy atom. The number of tetrazole rings is 1. The summed E-state index contributed by atoms with van der Waals surface area (Å²) >= 11 is 0. The van der Waals surface area contributed by atoms with Crippen molar-refractivity contribution in [3.63, 3.8) is 0 Å². The Morgan fingerprint density at radius 1 is 1.16 bits per heavy atom. The average Bonchev–Trinajstić information content (AvgIpc) is 3.57. The van der Waals surface area contributed by atoms with Crippen LogP contribution < -0.4 is 5.56 Å². The molecule has 194 valence electrons. The summed E-state index contributed by atoms with van der Waals surface area (Å²) in [7, 11) is 0. The van der Waals surface area contributed by atoms with E-state index >= 15 is 0 Å². The first-order chi connectivity index (χ1) is 18.0. The van der Waals surface area contributed by atoms with Gasteiger partial charge in [-0.1, -0.05) is 42.8 Å². The number of ether oxygens (including phenoxy) is 1. The van der Waals surface area contributed by atoms with E-state index in [-0.39, 0.29) is 17.7 Å².